The van der Waals surface area contributed by atoms with Crippen LogP contribution in [0.3, 0.4) is 0 Å². The third-order valence-electron chi connectivity index (χ3n) is 8.24. The minimum Gasteiger partial charge on any atom is -0.508 e. The molecule has 0 aliphatic heterocycles. The van der Waals surface area contributed by atoms with E-state index in [1.54, 1.807) is 0 Å². The standard InChI is InChI=1S/C40H38F4O8/c1-2-37(46)50-22-8-6-4-3-5-7-21-49-32-18-20-34(36(44)24-32)39(48)52-31-16-11-28(12-17-31)40(25-41,26-42)27-9-14-30(15-10-27)51-38(47)33-19-13-29(45)23-35(33)43/h2,9-20,23-24,45H,1,3-8,21-22,25-26H2. The Morgan fingerprint density at radius 1 is 0.635 bits per heavy atom. The number of halogens is 4. The lowest BCUT2D eigenvalue weighted by molar-refractivity contribution is -0.137. The maximum atomic E-state index is 14.8. The van der Waals surface area contributed by atoms with Gasteiger partial charge in [-0.05, 0) is 72.5 Å². The molecule has 0 aliphatic carbocycles. The van der Waals surface area contributed by atoms with Gasteiger partial charge >= 0.3 is 17.9 Å². The number of carbonyl (C=O) groups is 3. The van der Waals surface area contributed by atoms with Crippen molar-refractivity contribution in [1.82, 2.24) is 0 Å². The average molecular weight is 723 g/mol. The number of phenols is 1. The first kappa shape index (κ1) is 39.1. The number of unbranched alkanes of at least 4 members (excludes halogenated alkanes) is 5. The highest BCUT2D eigenvalue weighted by Crippen LogP contribution is 2.36. The lowest BCUT2D eigenvalue weighted by atomic mass is 9.76. The predicted molar refractivity (Wildman–Crippen MR) is 184 cm³/mol. The highest BCUT2D eigenvalue weighted by Gasteiger charge is 2.35. The van der Waals surface area contributed by atoms with E-state index < -0.39 is 53.9 Å². The maximum Gasteiger partial charge on any atom is 0.346 e. The van der Waals surface area contributed by atoms with Gasteiger partial charge in [0.25, 0.3) is 0 Å². The third kappa shape index (κ3) is 10.4. The molecule has 1 N–H and O–H groups in total. The van der Waals surface area contributed by atoms with Crippen LogP contribution in [0.5, 0.6) is 23.0 Å². The van der Waals surface area contributed by atoms with E-state index in [-0.39, 0.29) is 39.7 Å². The van der Waals surface area contributed by atoms with E-state index in [9.17, 15) is 37.1 Å². The zero-order valence-corrected chi connectivity index (χ0v) is 28.3. The molecule has 52 heavy (non-hydrogen) atoms. The first-order chi connectivity index (χ1) is 25.1. The van der Waals surface area contributed by atoms with Crippen molar-refractivity contribution < 1.29 is 56.0 Å². The highest BCUT2D eigenvalue weighted by atomic mass is 19.1. The van der Waals surface area contributed by atoms with Gasteiger partial charge in [0.05, 0.1) is 29.8 Å². The maximum absolute atomic E-state index is 14.8. The topological polar surface area (TPSA) is 108 Å². The molecule has 4 rings (SSSR count). The second-order valence-corrected chi connectivity index (χ2v) is 11.8. The van der Waals surface area contributed by atoms with E-state index in [2.05, 4.69) is 6.58 Å². The minimum absolute atomic E-state index is 0.00716. The van der Waals surface area contributed by atoms with Crippen molar-refractivity contribution in [3.8, 4) is 23.0 Å². The van der Waals surface area contributed by atoms with Gasteiger partial charge in [-0.1, -0.05) is 56.5 Å². The number of aromatic hydroxyl groups is 1. The molecule has 0 saturated heterocycles. The molecule has 0 aliphatic rings. The van der Waals surface area contributed by atoms with Crippen molar-refractivity contribution in [1.29, 1.82) is 0 Å². The molecular formula is C40H38F4O8. The number of benzene rings is 4. The van der Waals surface area contributed by atoms with Crippen LogP contribution in [0.1, 0.15) is 70.4 Å². The number of rotatable bonds is 19. The molecule has 274 valence electrons. The van der Waals surface area contributed by atoms with Crippen molar-refractivity contribution >= 4 is 17.9 Å². The van der Waals surface area contributed by atoms with E-state index >= 15 is 0 Å². The summed E-state index contributed by atoms with van der Waals surface area (Å²) in [5.41, 5.74) is -2.06. The summed E-state index contributed by atoms with van der Waals surface area (Å²) >= 11 is 0. The van der Waals surface area contributed by atoms with E-state index in [1.165, 1.54) is 60.7 Å². The molecule has 0 spiro atoms. The number of hydrogen-bond donors (Lipinski definition) is 1. The van der Waals surface area contributed by atoms with Gasteiger partial charge in [-0.25, -0.2) is 31.9 Å². The zero-order chi connectivity index (χ0) is 37.5. The molecule has 8 nitrogen and oxygen atoms in total. The normalized spacial score (nSPS) is 11.1. The van der Waals surface area contributed by atoms with Gasteiger partial charge in [0.15, 0.2) is 0 Å². The third-order valence-corrected chi connectivity index (χ3v) is 8.24. The first-order valence-electron chi connectivity index (χ1n) is 16.6. The Kier molecular flexibility index (Phi) is 14.4. The molecule has 0 fully saturated rings. The van der Waals surface area contributed by atoms with Gasteiger partial charge in [0.1, 0.15) is 48.0 Å². The van der Waals surface area contributed by atoms with Gasteiger partial charge in [-0.2, -0.15) is 0 Å². The van der Waals surface area contributed by atoms with Crippen LogP contribution in [0, 0.1) is 11.6 Å². The van der Waals surface area contributed by atoms with Crippen LogP contribution in [0.25, 0.3) is 0 Å². The lowest BCUT2D eigenvalue weighted by Crippen LogP contribution is -2.32. The number of esters is 3. The molecule has 0 atom stereocenters. The minimum atomic E-state index is -1.75. The van der Waals surface area contributed by atoms with Crippen molar-refractivity contribution in [3.63, 3.8) is 0 Å². The molecule has 0 amide bonds. The van der Waals surface area contributed by atoms with Crippen molar-refractivity contribution in [2.24, 2.45) is 0 Å². The Morgan fingerprint density at radius 3 is 1.58 bits per heavy atom. The van der Waals surface area contributed by atoms with Gasteiger partial charge in [0, 0.05) is 18.2 Å². The van der Waals surface area contributed by atoms with Crippen LogP contribution in [-0.4, -0.2) is 49.6 Å². The summed E-state index contributed by atoms with van der Waals surface area (Å²) in [6, 6.07) is 17.6. The van der Waals surface area contributed by atoms with Crippen LogP contribution < -0.4 is 14.2 Å². The first-order valence-corrected chi connectivity index (χ1v) is 16.6. The summed E-state index contributed by atoms with van der Waals surface area (Å²) in [5, 5.41) is 9.34. The average Bonchev–Trinajstić information content (AvgIpc) is 3.14. The summed E-state index contributed by atoms with van der Waals surface area (Å²) in [6.07, 6.45) is 6.46. The van der Waals surface area contributed by atoms with Gasteiger partial charge in [-0.15, -0.1) is 0 Å². The molecule has 0 aromatic heterocycles. The SMILES string of the molecule is C=CC(=O)OCCCCCCCCOc1ccc(C(=O)Oc2ccc(C(CF)(CF)c3ccc(OC(=O)c4ccc(O)cc4F)cc3)cc2)c(F)c1. The number of phenolic OH excluding ortho intramolecular Hbond substituents is 1. The van der Waals surface area contributed by atoms with Gasteiger partial charge < -0.3 is 24.1 Å². The van der Waals surface area contributed by atoms with Crippen molar-refractivity contribution in [2.45, 2.75) is 43.9 Å². The second kappa shape index (κ2) is 19.1. The van der Waals surface area contributed by atoms with E-state index in [4.69, 9.17) is 18.9 Å². The molecule has 12 heteroatoms. The van der Waals surface area contributed by atoms with Gasteiger partial charge in [0.2, 0.25) is 0 Å². The molecule has 4 aromatic carbocycles. The largest absolute Gasteiger partial charge is 0.508 e. The Bertz CT molecular complexity index is 1820. The molecule has 0 bridgehead atoms. The van der Waals surface area contributed by atoms with Crippen molar-refractivity contribution in [2.75, 3.05) is 26.6 Å². The zero-order valence-electron chi connectivity index (χ0n) is 28.3. The van der Waals surface area contributed by atoms with Crippen LogP contribution in [0.4, 0.5) is 17.6 Å². The van der Waals surface area contributed by atoms with Gasteiger partial charge in [-0.3, -0.25) is 0 Å². The molecule has 4 aromatic rings. The fourth-order valence-corrected chi connectivity index (χ4v) is 5.27. The van der Waals surface area contributed by atoms with Crippen LogP contribution in [-0.2, 0) is 14.9 Å². The Balaban J connectivity index is 1.29. The fourth-order valence-electron chi connectivity index (χ4n) is 5.27. The molecule has 0 heterocycles. The second-order valence-electron chi connectivity index (χ2n) is 11.8. The number of ether oxygens (including phenoxy) is 4. The van der Waals surface area contributed by atoms with Crippen LogP contribution >= 0.6 is 0 Å². The molecular weight excluding hydrogens is 684 g/mol. The fraction of sp³-hybridized carbons (Fsp3) is 0.275. The summed E-state index contributed by atoms with van der Waals surface area (Å²) < 4.78 is 79.0. The smallest absolute Gasteiger partial charge is 0.346 e. The number of alkyl halides is 2. The van der Waals surface area contributed by atoms with Crippen LogP contribution in [0.15, 0.2) is 97.6 Å². The quantitative estimate of drug-likeness (QED) is 0.0337. The van der Waals surface area contributed by atoms with E-state index in [1.807, 2.05) is 0 Å². The highest BCUT2D eigenvalue weighted by molar-refractivity contribution is 5.92. The Hall–Kier alpha value is -5.65. The predicted octanol–water partition coefficient (Wildman–Crippen LogP) is 8.78. The molecule has 0 radical (unpaired) electrons. The summed E-state index contributed by atoms with van der Waals surface area (Å²) in [6.45, 7) is 1.79. The van der Waals surface area contributed by atoms with E-state index in [0.29, 0.717) is 13.2 Å². The van der Waals surface area contributed by atoms with Crippen molar-refractivity contribution in [3.05, 3.63) is 131 Å². The van der Waals surface area contributed by atoms with E-state index in [0.717, 1.165) is 68.9 Å². The Morgan fingerprint density at radius 2 is 1.10 bits per heavy atom. The summed E-state index contributed by atoms with van der Waals surface area (Å²) in [7, 11) is 0. The molecule has 0 unspecified atom stereocenters. The lowest BCUT2D eigenvalue weighted by Gasteiger charge is -2.29. The van der Waals surface area contributed by atoms with Crippen LogP contribution in [0.2, 0.25) is 0 Å². The monoisotopic (exact) mass is 722 g/mol. The number of carbonyl (C=O) groups excluding carboxylic acids is 3. The Labute approximate surface area is 298 Å². The molecule has 0 saturated carbocycles. The summed E-state index contributed by atoms with van der Waals surface area (Å²) in [4.78, 5) is 36.1. The number of hydrogen-bond acceptors (Lipinski definition) is 8. The summed E-state index contributed by atoms with van der Waals surface area (Å²) in [5.74, 6) is -4.35.